The van der Waals surface area contributed by atoms with Crippen molar-refractivity contribution in [2.75, 3.05) is 17.3 Å². The lowest BCUT2D eigenvalue weighted by Gasteiger charge is -2.17. The van der Waals surface area contributed by atoms with E-state index in [2.05, 4.69) is 20.6 Å². The number of urea groups is 1. The van der Waals surface area contributed by atoms with Crippen molar-refractivity contribution in [3.8, 4) is 0 Å². The lowest BCUT2D eigenvalue weighted by Crippen LogP contribution is -2.33. The van der Waals surface area contributed by atoms with Crippen LogP contribution in [0.1, 0.15) is 18.3 Å². The van der Waals surface area contributed by atoms with Crippen LogP contribution in [0.3, 0.4) is 0 Å². The number of non-ortho nitro benzene ring substituents is 1. The number of nitro benzene ring substituents is 1. The van der Waals surface area contributed by atoms with Gasteiger partial charge in [0.2, 0.25) is 0 Å². The fourth-order valence-electron chi connectivity index (χ4n) is 2.64. The summed E-state index contributed by atoms with van der Waals surface area (Å²) in [5.74, 6) is 1.56. The van der Waals surface area contributed by atoms with Gasteiger partial charge in [0.25, 0.3) is 5.69 Å². The zero-order chi connectivity index (χ0) is 19.2. The van der Waals surface area contributed by atoms with Crippen LogP contribution in [0.25, 0.3) is 11.0 Å². The molecule has 9 heteroatoms. The van der Waals surface area contributed by atoms with Crippen molar-refractivity contribution in [1.29, 1.82) is 0 Å². The molecule has 27 heavy (non-hydrogen) atoms. The highest BCUT2D eigenvalue weighted by Gasteiger charge is 2.18. The Bertz CT molecular complexity index is 909. The number of H-pyrrole nitrogens is 1. The largest absolute Gasteiger partial charge is 0.340 e. The summed E-state index contributed by atoms with van der Waals surface area (Å²) >= 11 is 1.69. The SMILES string of the molecule is CSCCC(NC(=O)Nc1ccc([N+](=O)[O-])cc1)c1nc2ccccc2[nH]1. The molecule has 8 nitrogen and oxygen atoms in total. The van der Waals surface area contributed by atoms with Gasteiger partial charge in [0, 0.05) is 17.8 Å². The molecule has 0 fully saturated rings. The Hall–Kier alpha value is -3.07. The van der Waals surface area contributed by atoms with Crippen molar-refractivity contribution in [2.24, 2.45) is 0 Å². The number of hydrogen-bond acceptors (Lipinski definition) is 5. The van der Waals surface area contributed by atoms with E-state index in [1.54, 1.807) is 11.8 Å². The number of nitro groups is 1. The molecular weight excluding hydrogens is 366 g/mol. The number of nitrogens with one attached hydrogen (secondary N) is 3. The molecule has 0 radical (unpaired) electrons. The molecule has 0 aliphatic heterocycles. The van der Waals surface area contributed by atoms with Crippen LogP contribution in [0.2, 0.25) is 0 Å². The van der Waals surface area contributed by atoms with Gasteiger partial charge in [0.15, 0.2) is 0 Å². The van der Waals surface area contributed by atoms with Crippen LogP contribution in [0.4, 0.5) is 16.2 Å². The summed E-state index contributed by atoms with van der Waals surface area (Å²) in [4.78, 5) is 30.4. The van der Waals surface area contributed by atoms with E-state index >= 15 is 0 Å². The molecule has 0 bridgehead atoms. The van der Waals surface area contributed by atoms with Crippen molar-refractivity contribution < 1.29 is 9.72 Å². The number of benzene rings is 2. The predicted octanol–water partition coefficient (Wildman–Crippen LogP) is 4.09. The van der Waals surface area contributed by atoms with E-state index in [1.165, 1.54) is 24.3 Å². The second-order valence-electron chi connectivity index (χ2n) is 5.88. The fraction of sp³-hybridized carbons (Fsp3) is 0.222. The smallest absolute Gasteiger partial charge is 0.319 e. The molecular formula is C18H19N5O3S. The molecule has 1 atom stereocenters. The third-order valence-electron chi connectivity index (χ3n) is 3.99. The number of aromatic nitrogens is 2. The third-order valence-corrected chi connectivity index (χ3v) is 4.63. The Kier molecular flexibility index (Phi) is 5.92. The van der Waals surface area contributed by atoms with Crippen molar-refractivity contribution >= 4 is 40.2 Å². The number of nitrogens with zero attached hydrogens (tertiary/aromatic N) is 2. The van der Waals surface area contributed by atoms with E-state index in [-0.39, 0.29) is 11.7 Å². The molecule has 2 amide bonds. The highest BCUT2D eigenvalue weighted by molar-refractivity contribution is 7.98. The molecule has 1 unspecified atom stereocenters. The number of carbonyl (C=O) groups is 1. The molecule has 0 aliphatic carbocycles. The number of imidazole rings is 1. The maximum atomic E-state index is 12.4. The van der Waals surface area contributed by atoms with Crippen LogP contribution in [-0.4, -0.2) is 32.9 Å². The third kappa shape index (κ3) is 4.76. The quantitative estimate of drug-likeness (QED) is 0.419. The summed E-state index contributed by atoms with van der Waals surface area (Å²) in [5, 5.41) is 16.3. The van der Waals surface area contributed by atoms with Gasteiger partial charge in [0.05, 0.1) is 22.0 Å². The number of rotatable bonds is 7. The van der Waals surface area contributed by atoms with Gasteiger partial charge in [-0.25, -0.2) is 9.78 Å². The van der Waals surface area contributed by atoms with E-state index in [9.17, 15) is 14.9 Å². The zero-order valence-corrected chi connectivity index (χ0v) is 15.5. The maximum Gasteiger partial charge on any atom is 0.319 e. The van der Waals surface area contributed by atoms with Gasteiger partial charge in [-0.2, -0.15) is 11.8 Å². The monoisotopic (exact) mass is 385 g/mol. The minimum absolute atomic E-state index is 0.0268. The molecule has 1 heterocycles. The number of anilines is 1. The first-order chi connectivity index (χ1) is 13.1. The Morgan fingerprint density at radius 2 is 2.00 bits per heavy atom. The number of carbonyl (C=O) groups excluding carboxylic acids is 1. The summed E-state index contributed by atoms with van der Waals surface area (Å²) in [6.07, 6.45) is 2.72. The Morgan fingerprint density at radius 1 is 1.26 bits per heavy atom. The number of amides is 2. The van der Waals surface area contributed by atoms with E-state index in [1.807, 2.05) is 30.5 Å². The molecule has 3 N–H and O–H groups in total. The van der Waals surface area contributed by atoms with Crippen LogP contribution < -0.4 is 10.6 Å². The van der Waals surface area contributed by atoms with Gasteiger partial charge in [0.1, 0.15) is 5.82 Å². The second kappa shape index (κ2) is 8.54. The van der Waals surface area contributed by atoms with E-state index < -0.39 is 11.0 Å². The normalized spacial score (nSPS) is 11.9. The van der Waals surface area contributed by atoms with E-state index in [0.29, 0.717) is 17.9 Å². The number of fused-ring (bicyclic) bond motifs is 1. The molecule has 3 rings (SSSR count). The Morgan fingerprint density at radius 3 is 2.67 bits per heavy atom. The van der Waals surface area contributed by atoms with Crippen LogP contribution >= 0.6 is 11.8 Å². The average molecular weight is 385 g/mol. The van der Waals surface area contributed by atoms with Crippen molar-refractivity contribution in [2.45, 2.75) is 12.5 Å². The highest BCUT2D eigenvalue weighted by atomic mass is 32.2. The second-order valence-corrected chi connectivity index (χ2v) is 6.86. The first kappa shape index (κ1) is 18.7. The first-order valence-corrected chi connectivity index (χ1v) is 9.72. The lowest BCUT2D eigenvalue weighted by molar-refractivity contribution is -0.384. The van der Waals surface area contributed by atoms with Crippen molar-refractivity contribution in [3.63, 3.8) is 0 Å². The molecule has 0 spiro atoms. The van der Waals surface area contributed by atoms with Gasteiger partial charge >= 0.3 is 6.03 Å². The van der Waals surface area contributed by atoms with Gasteiger partial charge in [-0.1, -0.05) is 12.1 Å². The Labute approximate surface area is 159 Å². The van der Waals surface area contributed by atoms with Gasteiger partial charge in [-0.05, 0) is 42.7 Å². The molecule has 0 saturated carbocycles. The van der Waals surface area contributed by atoms with Crippen LogP contribution in [0.15, 0.2) is 48.5 Å². The van der Waals surface area contributed by atoms with Crippen LogP contribution in [0, 0.1) is 10.1 Å². The summed E-state index contributed by atoms with van der Waals surface area (Å²) in [6, 6.07) is 12.7. The van der Waals surface area contributed by atoms with Gasteiger partial charge < -0.3 is 15.6 Å². The predicted molar refractivity (Wildman–Crippen MR) is 107 cm³/mol. The minimum Gasteiger partial charge on any atom is -0.340 e. The fourth-order valence-corrected chi connectivity index (χ4v) is 3.11. The molecule has 3 aromatic rings. The van der Waals surface area contributed by atoms with Crippen LogP contribution in [-0.2, 0) is 0 Å². The van der Waals surface area contributed by atoms with Crippen molar-refractivity contribution in [1.82, 2.24) is 15.3 Å². The number of thioether (sulfide) groups is 1. The number of hydrogen-bond donors (Lipinski definition) is 3. The molecule has 0 saturated heterocycles. The Balaban J connectivity index is 1.71. The number of para-hydroxylation sites is 2. The number of aromatic amines is 1. The van der Waals surface area contributed by atoms with Gasteiger partial charge in [-0.3, -0.25) is 10.1 Å². The highest BCUT2D eigenvalue weighted by Crippen LogP contribution is 2.21. The summed E-state index contributed by atoms with van der Waals surface area (Å²) in [6.45, 7) is 0. The van der Waals surface area contributed by atoms with Crippen LogP contribution in [0.5, 0.6) is 0 Å². The van der Waals surface area contributed by atoms with E-state index in [4.69, 9.17) is 0 Å². The first-order valence-electron chi connectivity index (χ1n) is 8.32. The standard InChI is InChI=1S/C18H19N5O3S/c1-27-11-10-16(17-20-14-4-2-3-5-15(14)21-17)22-18(24)19-12-6-8-13(9-7-12)23(25)26/h2-9,16H,10-11H2,1H3,(H,20,21)(H2,19,22,24). The topological polar surface area (TPSA) is 113 Å². The maximum absolute atomic E-state index is 12.4. The summed E-state index contributed by atoms with van der Waals surface area (Å²) in [5.41, 5.74) is 2.21. The summed E-state index contributed by atoms with van der Waals surface area (Å²) < 4.78 is 0. The van der Waals surface area contributed by atoms with Crippen molar-refractivity contribution in [3.05, 3.63) is 64.5 Å². The lowest BCUT2D eigenvalue weighted by atomic mass is 10.2. The molecule has 1 aromatic heterocycles. The van der Waals surface area contributed by atoms with Gasteiger partial charge in [-0.15, -0.1) is 0 Å². The minimum atomic E-state index is -0.482. The van der Waals surface area contributed by atoms with E-state index in [0.717, 1.165) is 16.8 Å². The summed E-state index contributed by atoms with van der Waals surface area (Å²) in [7, 11) is 0. The zero-order valence-electron chi connectivity index (χ0n) is 14.6. The molecule has 0 aliphatic rings. The molecule has 140 valence electrons. The average Bonchev–Trinajstić information content (AvgIpc) is 3.09. The molecule has 2 aromatic carbocycles.